The lowest BCUT2D eigenvalue weighted by Gasteiger charge is -2.21. The molecule has 0 spiro atoms. The van der Waals surface area contributed by atoms with Crippen LogP contribution in [0.25, 0.3) is 0 Å². The monoisotopic (exact) mass is 222 g/mol. The van der Waals surface area contributed by atoms with E-state index >= 15 is 0 Å². The van der Waals surface area contributed by atoms with Gasteiger partial charge in [0.15, 0.2) is 0 Å². The second-order valence-corrected chi connectivity index (χ2v) is 4.64. The second kappa shape index (κ2) is 5.85. The molecule has 0 aliphatic rings. The maximum absolute atomic E-state index is 9.63. The number of nitrogens with zero attached hydrogens (tertiary/aromatic N) is 2. The van der Waals surface area contributed by atoms with E-state index in [1.807, 2.05) is 25.3 Å². The molecular formula is C13H22N2O. The standard InChI is InChI=1S/C13H22N2O/c1-5-13(16)12-7-6-11(8-14-12)15(4)9-10(2)3/h6-8,10,13,16H,5,9H2,1-4H3. The summed E-state index contributed by atoms with van der Waals surface area (Å²) in [6, 6.07) is 3.92. The first kappa shape index (κ1) is 13.0. The van der Waals surface area contributed by atoms with Crippen molar-refractivity contribution in [2.45, 2.75) is 33.3 Å². The van der Waals surface area contributed by atoms with Crippen molar-refractivity contribution >= 4 is 5.69 Å². The van der Waals surface area contributed by atoms with Crippen molar-refractivity contribution in [3.05, 3.63) is 24.0 Å². The minimum absolute atomic E-state index is 0.440. The van der Waals surface area contributed by atoms with Crippen LogP contribution >= 0.6 is 0 Å². The third-order valence-corrected chi connectivity index (χ3v) is 2.58. The molecule has 0 aliphatic heterocycles. The lowest BCUT2D eigenvalue weighted by atomic mass is 10.1. The number of rotatable bonds is 5. The molecule has 1 heterocycles. The van der Waals surface area contributed by atoms with Gasteiger partial charge in [-0.3, -0.25) is 4.98 Å². The first-order valence-corrected chi connectivity index (χ1v) is 5.89. The van der Waals surface area contributed by atoms with E-state index in [1.165, 1.54) is 0 Å². The zero-order valence-corrected chi connectivity index (χ0v) is 10.6. The third-order valence-electron chi connectivity index (χ3n) is 2.58. The quantitative estimate of drug-likeness (QED) is 0.832. The molecule has 0 saturated carbocycles. The molecule has 1 N–H and O–H groups in total. The Balaban J connectivity index is 2.70. The van der Waals surface area contributed by atoms with Gasteiger partial charge in [0.1, 0.15) is 0 Å². The van der Waals surface area contributed by atoms with E-state index in [0.717, 1.165) is 17.9 Å². The normalized spacial score (nSPS) is 12.9. The Morgan fingerprint density at radius 2 is 2.06 bits per heavy atom. The van der Waals surface area contributed by atoms with Gasteiger partial charge in [0.05, 0.1) is 23.7 Å². The molecule has 1 unspecified atom stereocenters. The Morgan fingerprint density at radius 3 is 2.50 bits per heavy atom. The summed E-state index contributed by atoms with van der Waals surface area (Å²) in [6.45, 7) is 7.35. The van der Waals surface area contributed by atoms with Crippen molar-refractivity contribution in [1.29, 1.82) is 0 Å². The summed E-state index contributed by atoms with van der Waals surface area (Å²) in [5.41, 5.74) is 1.85. The predicted octanol–water partition coefficient (Wildman–Crippen LogP) is 2.62. The average Bonchev–Trinajstić information content (AvgIpc) is 2.27. The van der Waals surface area contributed by atoms with Crippen molar-refractivity contribution in [2.24, 2.45) is 5.92 Å². The Kier molecular flexibility index (Phi) is 4.74. The minimum atomic E-state index is -0.440. The SMILES string of the molecule is CCC(O)c1ccc(N(C)CC(C)C)cn1. The van der Waals surface area contributed by atoms with Crippen LogP contribution in [0.5, 0.6) is 0 Å². The summed E-state index contributed by atoms with van der Waals surface area (Å²) < 4.78 is 0. The van der Waals surface area contributed by atoms with Crippen molar-refractivity contribution in [2.75, 3.05) is 18.5 Å². The summed E-state index contributed by atoms with van der Waals surface area (Å²) in [4.78, 5) is 6.47. The van der Waals surface area contributed by atoms with Gasteiger partial charge < -0.3 is 10.0 Å². The Hall–Kier alpha value is -1.09. The highest BCUT2D eigenvalue weighted by Gasteiger charge is 2.08. The predicted molar refractivity (Wildman–Crippen MR) is 67.6 cm³/mol. The number of pyridine rings is 1. The fourth-order valence-corrected chi connectivity index (χ4v) is 1.68. The highest BCUT2D eigenvalue weighted by Crippen LogP contribution is 2.18. The summed E-state index contributed by atoms with van der Waals surface area (Å²) in [6.07, 6.45) is 2.09. The average molecular weight is 222 g/mol. The van der Waals surface area contributed by atoms with E-state index in [9.17, 15) is 5.11 Å². The zero-order valence-electron chi connectivity index (χ0n) is 10.6. The van der Waals surface area contributed by atoms with Gasteiger partial charge in [-0.05, 0) is 24.5 Å². The molecule has 1 rings (SSSR count). The molecule has 1 aromatic heterocycles. The molecule has 0 bridgehead atoms. The number of hydrogen-bond acceptors (Lipinski definition) is 3. The Bertz CT molecular complexity index is 308. The second-order valence-electron chi connectivity index (χ2n) is 4.64. The number of aliphatic hydroxyl groups excluding tert-OH is 1. The molecule has 0 fully saturated rings. The molecule has 0 amide bonds. The highest BCUT2D eigenvalue weighted by atomic mass is 16.3. The summed E-state index contributed by atoms with van der Waals surface area (Å²) in [5.74, 6) is 0.630. The molecule has 16 heavy (non-hydrogen) atoms. The minimum Gasteiger partial charge on any atom is -0.387 e. The fourth-order valence-electron chi connectivity index (χ4n) is 1.68. The van der Waals surface area contributed by atoms with Crippen LogP contribution < -0.4 is 4.90 Å². The first-order valence-electron chi connectivity index (χ1n) is 5.89. The lowest BCUT2D eigenvalue weighted by molar-refractivity contribution is 0.169. The largest absolute Gasteiger partial charge is 0.387 e. The number of aromatic nitrogens is 1. The van der Waals surface area contributed by atoms with Gasteiger partial charge in [-0.25, -0.2) is 0 Å². The summed E-state index contributed by atoms with van der Waals surface area (Å²) >= 11 is 0. The van der Waals surface area contributed by atoms with Crippen LogP contribution in [0.15, 0.2) is 18.3 Å². The molecule has 0 aromatic carbocycles. The molecular weight excluding hydrogens is 200 g/mol. The summed E-state index contributed by atoms with van der Waals surface area (Å²) in [7, 11) is 2.06. The Labute approximate surface area is 98.1 Å². The molecule has 1 aromatic rings. The van der Waals surface area contributed by atoms with Gasteiger partial charge in [0, 0.05) is 13.6 Å². The van der Waals surface area contributed by atoms with E-state index in [4.69, 9.17) is 0 Å². The van der Waals surface area contributed by atoms with Crippen LogP contribution in [-0.4, -0.2) is 23.7 Å². The van der Waals surface area contributed by atoms with E-state index in [-0.39, 0.29) is 0 Å². The maximum atomic E-state index is 9.63. The van der Waals surface area contributed by atoms with Crippen molar-refractivity contribution in [1.82, 2.24) is 4.98 Å². The molecule has 0 aliphatic carbocycles. The van der Waals surface area contributed by atoms with E-state index in [1.54, 1.807) is 0 Å². The van der Waals surface area contributed by atoms with Gasteiger partial charge in [-0.2, -0.15) is 0 Å². The van der Waals surface area contributed by atoms with Crippen molar-refractivity contribution in [3.63, 3.8) is 0 Å². The van der Waals surface area contributed by atoms with Gasteiger partial charge >= 0.3 is 0 Å². The van der Waals surface area contributed by atoms with Gasteiger partial charge in [0.25, 0.3) is 0 Å². The van der Waals surface area contributed by atoms with Crippen LogP contribution in [-0.2, 0) is 0 Å². The van der Waals surface area contributed by atoms with Crippen LogP contribution in [0.3, 0.4) is 0 Å². The van der Waals surface area contributed by atoms with Crippen LogP contribution in [0.1, 0.15) is 39.0 Å². The van der Waals surface area contributed by atoms with E-state index in [2.05, 4.69) is 30.8 Å². The van der Waals surface area contributed by atoms with Crippen molar-refractivity contribution < 1.29 is 5.11 Å². The molecule has 1 atom stereocenters. The molecule has 90 valence electrons. The molecule has 0 radical (unpaired) electrons. The Morgan fingerprint density at radius 1 is 1.38 bits per heavy atom. The third kappa shape index (κ3) is 3.49. The van der Waals surface area contributed by atoms with Gasteiger partial charge in [0.2, 0.25) is 0 Å². The van der Waals surface area contributed by atoms with Gasteiger partial charge in [-0.15, -0.1) is 0 Å². The van der Waals surface area contributed by atoms with E-state index < -0.39 is 6.10 Å². The first-order chi connectivity index (χ1) is 7.54. The lowest BCUT2D eigenvalue weighted by Crippen LogP contribution is -2.22. The zero-order chi connectivity index (χ0) is 12.1. The van der Waals surface area contributed by atoms with Crippen molar-refractivity contribution in [3.8, 4) is 0 Å². The van der Waals surface area contributed by atoms with Crippen LogP contribution in [0.2, 0.25) is 0 Å². The highest BCUT2D eigenvalue weighted by molar-refractivity contribution is 5.43. The summed E-state index contributed by atoms with van der Waals surface area (Å²) in [5, 5.41) is 9.63. The molecule has 3 heteroatoms. The number of anilines is 1. The fraction of sp³-hybridized carbons (Fsp3) is 0.615. The number of aliphatic hydroxyl groups is 1. The molecule has 3 nitrogen and oxygen atoms in total. The molecule has 0 saturated heterocycles. The van der Waals surface area contributed by atoms with Gasteiger partial charge in [-0.1, -0.05) is 20.8 Å². The smallest absolute Gasteiger partial charge is 0.0957 e. The maximum Gasteiger partial charge on any atom is 0.0957 e. The topological polar surface area (TPSA) is 36.4 Å². The van der Waals surface area contributed by atoms with Crippen LogP contribution in [0.4, 0.5) is 5.69 Å². The number of hydrogen-bond donors (Lipinski definition) is 1. The van der Waals surface area contributed by atoms with Crippen LogP contribution in [0, 0.1) is 5.92 Å². The van der Waals surface area contributed by atoms with E-state index in [0.29, 0.717) is 12.3 Å².